The molecule has 0 spiro atoms. The lowest BCUT2D eigenvalue weighted by Crippen LogP contribution is -2.30. The molecule has 1 amide bonds. The monoisotopic (exact) mass is 453 g/mol. The second-order valence-corrected chi connectivity index (χ2v) is 8.34. The molecule has 34 heavy (non-hydrogen) atoms. The van der Waals surface area contributed by atoms with E-state index in [-0.39, 0.29) is 17.3 Å². The van der Waals surface area contributed by atoms with Gasteiger partial charge in [-0.2, -0.15) is 0 Å². The minimum Gasteiger partial charge on any atom is -0.507 e. The number of ketones is 1. The average molecular weight is 453 g/mol. The van der Waals surface area contributed by atoms with Crippen LogP contribution in [0.5, 0.6) is 5.75 Å². The quantitative estimate of drug-likeness (QED) is 0.263. The fourth-order valence-electron chi connectivity index (χ4n) is 4.40. The van der Waals surface area contributed by atoms with E-state index in [1.54, 1.807) is 25.3 Å². The van der Waals surface area contributed by atoms with E-state index in [9.17, 15) is 14.7 Å². The van der Waals surface area contributed by atoms with Crippen molar-refractivity contribution in [2.75, 3.05) is 12.0 Å². The lowest BCUT2D eigenvalue weighted by Gasteiger charge is -2.23. The van der Waals surface area contributed by atoms with Gasteiger partial charge in [0.15, 0.2) is 0 Å². The molecule has 1 aliphatic heterocycles. The Morgan fingerprint density at radius 2 is 1.79 bits per heavy atom. The smallest absolute Gasteiger partial charge is 0.302 e. The highest BCUT2D eigenvalue weighted by molar-refractivity contribution is 6.51. The normalized spacial score (nSPS) is 17.5. The number of nitrogens with one attached hydrogen (secondary N) is 1. The standard InChI is InChI=1S/C27H23N3O4/c1-15-9-12-20-21(13-15)29-27(28-20)30-23(17-7-5-4-6-8-17)22(25(32)26(30)33)24(31)19-11-10-18(34-3)14-16(19)2/h4-14,23,31H,1-3H3,(H,28,29)/b24-22+. The van der Waals surface area contributed by atoms with Crippen LogP contribution >= 0.6 is 0 Å². The molecule has 7 nitrogen and oxygen atoms in total. The van der Waals surface area contributed by atoms with E-state index in [2.05, 4.69) is 9.97 Å². The van der Waals surface area contributed by atoms with Crippen LogP contribution in [-0.4, -0.2) is 33.9 Å². The lowest BCUT2D eigenvalue weighted by atomic mass is 9.94. The summed E-state index contributed by atoms with van der Waals surface area (Å²) in [6.07, 6.45) is 0. The van der Waals surface area contributed by atoms with Crippen LogP contribution in [0, 0.1) is 13.8 Å². The second-order valence-electron chi connectivity index (χ2n) is 8.34. The summed E-state index contributed by atoms with van der Waals surface area (Å²) >= 11 is 0. The van der Waals surface area contributed by atoms with Gasteiger partial charge < -0.3 is 14.8 Å². The molecule has 0 bridgehead atoms. The number of carbonyl (C=O) groups is 2. The van der Waals surface area contributed by atoms with Crippen LogP contribution in [0.15, 0.2) is 72.3 Å². The molecular weight excluding hydrogens is 430 g/mol. The number of hydrogen-bond acceptors (Lipinski definition) is 5. The third-order valence-electron chi connectivity index (χ3n) is 6.10. The summed E-state index contributed by atoms with van der Waals surface area (Å²) in [5.41, 5.74) is 4.36. The van der Waals surface area contributed by atoms with Gasteiger partial charge in [-0.05, 0) is 60.9 Å². The van der Waals surface area contributed by atoms with E-state index in [0.717, 1.165) is 11.1 Å². The number of aromatic amines is 1. The minimum absolute atomic E-state index is 0.0149. The molecule has 170 valence electrons. The summed E-state index contributed by atoms with van der Waals surface area (Å²) in [5, 5.41) is 11.3. The van der Waals surface area contributed by atoms with Crippen LogP contribution in [0.3, 0.4) is 0 Å². The van der Waals surface area contributed by atoms with Gasteiger partial charge >= 0.3 is 5.91 Å². The maximum Gasteiger partial charge on any atom is 0.302 e. The molecule has 2 heterocycles. The molecule has 4 aromatic rings. The minimum atomic E-state index is -0.843. The molecule has 1 unspecified atom stereocenters. The van der Waals surface area contributed by atoms with Crippen molar-refractivity contribution in [2.24, 2.45) is 0 Å². The first-order valence-corrected chi connectivity index (χ1v) is 10.9. The van der Waals surface area contributed by atoms with Gasteiger partial charge in [-0.3, -0.25) is 14.5 Å². The van der Waals surface area contributed by atoms with Crippen LogP contribution in [-0.2, 0) is 9.59 Å². The molecule has 1 aliphatic rings. The van der Waals surface area contributed by atoms with Gasteiger partial charge in [0.1, 0.15) is 11.5 Å². The van der Waals surface area contributed by atoms with Crippen molar-refractivity contribution in [1.29, 1.82) is 0 Å². The first-order chi connectivity index (χ1) is 16.4. The highest BCUT2D eigenvalue weighted by Gasteiger charge is 2.48. The number of carbonyl (C=O) groups excluding carboxylic acids is 2. The third-order valence-corrected chi connectivity index (χ3v) is 6.10. The zero-order valence-corrected chi connectivity index (χ0v) is 19.0. The number of nitrogens with zero attached hydrogens (tertiary/aromatic N) is 2. The lowest BCUT2D eigenvalue weighted by molar-refractivity contribution is -0.132. The molecule has 7 heteroatoms. The van der Waals surface area contributed by atoms with E-state index < -0.39 is 17.7 Å². The molecule has 0 aliphatic carbocycles. The fraction of sp³-hybridized carbons (Fsp3) is 0.148. The van der Waals surface area contributed by atoms with Crippen molar-refractivity contribution >= 4 is 34.4 Å². The topological polar surface area (TPSA) is 95.5 Å². The van der Waals surface area contributed by atoms with Crippen LogP contribution in [0.4, 0.5) is 5.95 Å². The Kier molecular flexibility index (Phi) is 5.17. The van der Waals surface area contributed by atoms with Crippen LogP contribution in [0.2, 0.25) is 0 Å². The molecule has 0 saturated carbocycles. The van der Waals surface area contributed by atoms with Crippen LogP contribution in [0.1, 0.15) is 28.3 Å². The van der Waals surface area contributed by atoms with Crippen molar-refractivity contribution in [3.05, 3.63) is 94.6 Å². The van der Waals surface area contributed by atoms with Gasteiger partial charge in [-0.15, -0.1) is 0 Å². The highest BCUT2D eigenvalue weighted by atomic mass is 16.5. The number of fused-ring (bicyclic) bond motifs is 1. The number of rotatable bonds is 4. The van der Waals surface area contributed by atoms with E-state index in [1.165, 1.54) is 4.90 Å². The summed E-state index contributed by atoms with van der Waals surface area (Å²) in [7, 11) is 1.56. The van der Waals surface area contributed by atoms with Crippen molar-refractivity contribution in [3.8, 4) is 5.75 Å². The van der Waals surface area contributed by atoms with Gasteiger partial charge in [0.2, 0.25) is 5.95 Å². The number of amides is 1. The van der Waals surface area contributed by atoms with E-state index >= 15 is 0 Å². The third kappa shape index (κ3) is 3.42. The molecule has 0 radical (unpaired) electrons. The molecule has 3 aromatic carbocycles. The Hall–Kier alpha value is -4.39. The number of benzene rings is 3. The van der Waals surface area contributed by atoms with Crippen molar-refractivity contribution < 1.29 is 19.4 Å². The largest absolute Gasteiger partial charge is 0.507 e. The SMILES string of the molecule is COc1ccc(/C(O)=C2\C(=O)C(=O)N(c3nc4ccc(C)cc4[nH]3)C2c2ccccc2)c(C)c1. The van der Waals surface area contributed by atoms with E-state index in [0.29, 0.717) is 28.0 Å². The molecule has 1 aromatic heterocycles. The molecular formula is C27H23N3O4. The number of aryl methyl sites for hydroxylation is 2. The number of anilines is 1. The van der Waals surface area contributed by atoms with Gasteiger partial charge in [-0.25, -0.2) is 4.98 Å². The number of aromatic nitrogens is 2. The van der Waals surface area contributed by atoms with Gasteiger partial charge in [0, 0.05) is 5.56 Å². The van der Waals surface area contributed by atoms with Gasteiger partial charge in [0.25, 0.3) is 5.78 Å². The molecule has 1 atom stereocenters. The average Bonchev–Trinajstić information content (AvgIpc) is 3.36. The number of ether oxygens (including phenoxy) is 1. The maximum absolute atomic E-state index is 13.3. The summed E-state index contributed by atoms with van der Waals surface area (Å²) in [6.45, 7) is 3.78. The Balaban J connectivity index is 1.72. The van der Waals surface area contributed by atoms with Gasteiger partial charge in [0.05, 0.1) is 29.8 Å². The molecule has 2 N–H and O–H groups in total. The molecule has 5 rings (SSSR count). The first-order valence-electron chi connectivity index (χ1n) is 10.9. The molecule has 1 fully saturated rings. The number of aliphatic hydroxyl groups is 1. The fourth-order valence-corrected chi connectivity index (χ4v) is 4.40. The number of imidazole rings is 1. The summed E-state index contributed by atoms with van der Waals surface area (Å²) in [4.78, 5) is 35.7. The van der Waals surface area contributed by atoms with Crippen LogP contribution in [0.25, 0.3) is 16.8 Å². The Bertz CT molecular complexity index is 1470. The number of Topliss-reactive ketones (excluding diaryl/α,β-unsaturated/α-hetero) is 1. The van der Waals surface area contributed by atoms with Gasteiger partial charge in [-0.1, -0.05) is 36.4 Å². The zero-order valence-electron chi connectivity index (χ0n) is 19.0. The van der Waals surface area contributed by atoms with Crippen LogP contribution < -0.4 is 9.64 Å². The predicted octanol–water partition coefficient (Wildman–Crippen LogP) is 4.81. The Labute approximate surface area is 196 Å². The summed E-state index contributed by atoms with van der Waals surface area (Å²) in [5.74, 6) is -0.869. The maximum atomic E-state index is 13.3. The highest BCUT2D eigenvalue weighted by Crippen LogP contribution is 2.42. The van der Waals surface area contributed by atoms with Crippen molar-refractivity contribution in [1.82, 2.24) is 9.97 Å². The predicted molar refractivity (Wildman–Crippen MR) is 130 cm³/mol. The summed E-state index contributed by atoms with van der Waals surface area (Å²) < 4.78 is 5.26. The Morgan fingerprint density at radius 1 is 1.03 bits per heavy atom. The van der Waals surface area contributed by atoms with Crippen molar-refractivity contribution in [2.45, 2.75) is 19.9 Å². The number of hydrogen-bond donors (Lipinski definition) is 2. The van der Waals surface area contributed by atoms with E-state index in [4.69, 9.17) is 4.74 Å². The van der Waals surface area contributed by atoms with E-state index in [1.807, 2.05) is 62.4 Å². The number of aliphatic hydroxyl groups excluding tert-OH is 1. The van der Waals surface area contributed by atoms with Crippen molar-refractivity contribution in [3.63, 3.8) is 0 Å². The molecule has 1 saturated heterocycles. The summed E-state index contributed by atoms with van der Waals surface area (Å²) in [6, 6.07) is 19.2. The zero-order chi connectivity index (χ0) is 24.0. The number of H-pyrrole nitrogens is 1. The Morgan fingerprint density at radius 3 is 2.50 bits per heavy atom. The second kappa shape index (κ2) is 8.19. The number of methoxy groups -OCH3 is 1. The first kappa shape index (κ1) is 21.5.